The highest BCUT2D eigenvalue weighted by Gasteiger charge is 2.36. The van der Waals surface area contributed by atoms with Gasteiger partial charge in [-0.2, -0.15) is 13.2 Å². The number of fused-ring (bicyclic) bond motifs is 3. The van der Waals surface area contributed by atoms with Crippen molar-refractivity contribution < 1.29 is 18.0 Å². The number of piperazine rings is 1. The summed E-state index contributed by atoms with van der Waals surface area (Å²) in [6.45, 7) is 5.14. The summed E-state index contributed by atoms with van der Waals surface area (Å²) >= 11 is 1.39. The van der Waals surface area contributed by atoms with Gasteiger partial charge in [0, 0.05) is 37.6 Å². The quantitative estimate of drug-likeness (QED) is 0.735. The lowest BCUT2D eigenvalue weighted by atomic mass is 10.1. The Hall–Kier alpha value is -1.70. The Balaban J connectivity index is 1.88. The van der Waals surface area contributed by atoms with Crippen LogP contribution < -0.4 is 4.90 Å². The van der Waals surface area contributed by atoms with E-state index in [0.717, 1.165) is 12.6 Å². The lowest BCUT2D eigenvalue weighted by Crippen LogP contribution is -2.54. The fourth-order valence-corrected chi connectivity index (χ4v) is 4.05. The number of alkyl halides is 3. The Morgan fingerprint density at radius 1 is 1.43 bits per heavy atom. The van der Waals surface area contributed by atoms with Crippen LogP contribution in [0.5, 0.6) is 0 Å². The van der Waals surface area contributed by atoms with E-state index < -0.39 is 11.7 Å². The fraction of sp³-hybridized carbons (Fsp3) is 0.467. The van der Waals surface area contributed by atoms with Crippen LogP contribution in [0.3, 0.4) is 0 Å². The molecule has 0 saturated carbocycles. The molecule has 2 aliphatic rings. The first-order chi connectivity index (χ1) is 10.9. The number of aromatic nitrogens is 1. The van der Waals surface area contributed by atoms with Crippen molar-refractivity contribution in [1.29, 1.82) is 0 Å². The van der Waals surface area contributed by atoms with Gasteiger partial charge in [-0.25, -0.2) is 4.98 Å². The highest BCUT2D eigenvalue weighted by Crippen LogP contribution is 2.39. The lowest BCUT2D eigenvalue weighted by molar-refractivity contribution is -0.138. The van der Waals surface area contributed by atoms with Gasteiger partial charge < -0.3 is 9.80 Å². The van der Waals surface area contributed by atoms with Crippen LogP contribution in [0.25, 0.3) is 0 Å². The molecule has 3 rings (SSSR count). The van der Waals surface area contributed by atoms with Crippen molar-refractivity contribution in [3.63, 3.8) is 0 Å². The number of carbonyl (C=O) groups excluding carboxylic acids is 1. The summed E-state index contributed by atoms with van der Waals surface area (Å²) in [4.78, 5) is 20.2. The second kappa shape index (κ2) is 6.07. The molecule has 1 aromatic rings. The number of thioether (sulfide) groups is 1. The monoisotopic (exact) mass is 343 g/mol. The Morgan fingerprint density at radius 3 is 2.91 bits per heavy atom. The van der Waals surface area contributed by atoms with Gasteiger partial charge in [0.2, 0.25) is 5.91 Å². The zero-order valence-corrected chi connectivity index (χ0v) is 13.2. The normalized spacial score (nSPS) is 21.3. The number of pyridine rings is 1. The highest BCUT2D eigenvalue weighted by molar-refractivity contribution is 7.99. The van der Waals surface area contributed by atoms with Crippen molar-refractivity contribution in [2.45, 2.75) is 23.5 Å². The van der Waals surface area contributed by atoms with Gasteiger partial charge in [0.1, 0.15) is 5.82 Å². The number of amides is 1. The SMILES string of the molecule is C=CC(=O)N1CCN2c3ncc(C(F)(F)F)cc3SCC[C@H]2C1. The molecule has 0 aromatic carbocycles. The van der Waals surface area contributed by atoms with Gasteiger partial charge in [0.15, 0.2) is 0 Å². The molecule has 3 heterocycles. The fourth-order valence-electron chi connectivity index (χ4n) is 2.93. The summed E-state index contributed by atoms with van der Waals surface area (Å²) < 4.78 is 38.6. The van der Waals surface area contributed by atoms with Crippen LogP contribution in [0.1, 0.15) is 12.0 Å². The van der Waals surface area contributed by atoms with E-state index in [4.69, 9.17) is 0 Å². The van der Waals surface area contributed by atoms with Crippen molar-refractivity contribution in [3.05, 3.63) is 30.5 Å². The van der Waals surface area contributed by atoms with Crippen molar-refractivity contribution in [2.24, 2.45) is 0 Å². The highest BCUT2D eigenvalue weighted by atomic mass is 32.2. The molecule has 23 heavy (non-hydrogen) atoms. The molecule has 1 atom stereocenters. The van der Waals surface area contributed by atoms with Gasteiger partial charge >= 0.3 is 6.18 Å². The van der Waals surface area contributed by atoms with Crippen LogP contribution in [0.15, 0.2) is 29.8 Å². The third-order valence-electron chi connectivity index (χ3n) is 4.11. The summed E-state index contributed by atoms with van der Waals surface area (Å²) in [5.41, 5.74) is -0.720. The molecule has 1 amide bonds. The summed E-state index contributed by atoms with van der Waals surface area (Å²) in [6, 6.07) is 1.25. The molecule has 0 spiro atoms. The second-order valence-corrected chi connectivity index (χ2v) is 6.65. The van der Waals surface area contributed by atoms with Gasteiger partial charge in [-0.15, -0.1) is 11.8 Å². The Kier molecular flexibility index (Phi) is 4.27. The van der Waals surface area contributed by atoms with Crippen molar-refractivity contribution in [1.82, 2.24) is 9.88 Å². The van der Waals surface area contributed by atoms with Crippen LogP contribution in [-0.4, -0.2) is 47.2 Å². The van der Waals surface area contributed by atoms with Gasteiger partial charge in [0.05, 0.1) is 10.5 Å². The van der Waals surface area contributed by atoms with Crippen molar-refractivity contribution in [2.75, 3.05) is 30.3 Å². The van der Waals surface area contributed by atoms with Crippen LogP contribution >= 0.6 is 11.8 Å². The molecule has 124 valence electrons. The summed E-state index contributed by atoms with van der Waals surface area (Å²) in [6.07, 6.45) is -1.40. The molecule has 1 saturated heterocycles. The summed E-state index contributed by atoms with van der Waals surface area (Å²) in [5, 5.41) is 0. The number of rotatable bonds is 1. The van der Waals surface area contributed by atoms with E-state index in [1.165, 1.54) is 23.9 Å². The molecular weight excluding hydrogens is 327 g/mol. The molecule has 0 radical (unpaired) electrons. The number of hydrogen-bond donors (Lipinski definition) is 0. The second-order valence-electron chi connectivity index (χ2n) is 5.52. The van der Waals surface area contributed by atoms with Gasteiger partial charge in [-0.05, 0) is 18.6 Å². The average Bonchev–Trinajstić information content (AvgIpc) is 2.71. The molecule has 0 unspecified atom stereocenters. The Bertz CT molecular complexity index is 635. The summed E-state index contributed by atoms with van der Waals surface area (Å²) in [7, 11) is 0. The van der Waals surface area contributed by atoms with E-state index in [-0.39, 0.29) is 11.9 Å². The molecule has 0 aliphatic carbocycles. The molecule has 4 nitrogen and oxygen atoms in total. The molecule has 1 fully saturated rings. The van der Waals surface area contributed by atoms with Crippen LogP contribution in [0.2, 0.25) is 0 Å². The molecule has 0 bridgehead atoms. The molecule has 2 aliphatic heterocycles. The van der Waals surface area contributed by atoms with Crippen molar-refractivity contribution >= 4 is 23.5 Å². The van der Waals surface area contributed by atoms with Crippen LogP contribution in [0.4, 0.5) is 19.0 Å². The lowest BCUT2D eigenvalue weighted by Gasteiger charge is -2.41. The molecule has 1 aromatic heterocycles. The first kappa shape index (κ1) is 16.2. The maximum atomic E-state index is 12.9. The van der Waals surface area contributed by atoms with E-state index in [2.05, 4.69) is 11.6 Å². The van der Waals surface area contributed by atoms with E-state index in [9.17, 15) is 18.0 Å². The minimum atomic E-state index is -4.39. The minimum Gasteiger partial charge on any atom is -0.349 e. The minimum absolute atomic E-state index is 0.0747. The van der Waals surface area contributed by atoms with E-state index in [1.807, 2.05) is 4.90 Å². The smallest absolute Gasteiger partial charge is 0.349 e. The molecule has 0 N–H and O–H groups in total. The predicted octanol–water partition coefficient (Wildman–Crippen LogP) is 2.80. The Morgan fingerprint density at radius 2 is 2.22 bits per heavy atom. The number of anilines is 1. The first-order valence-corrected chi connectivity index (χ1v) is 8.26. The predicted molar refractivity (Wildman–Crippen MR) is 82.5 cm³/mol. The number of nitrogens with zero attached hydrogens (tertiary/aromatic N) is 3. The largest absolute Gasteiger partial charge is 0.417 e. The number of halogens is 3. The maximum Gasteiger partial charge on any atom is 0.417 e. The number of hydrogen-bond acceptors (Lipinski definition) is 4. The standard InChI is InChI=1S/C15H16F3N3OS/c1-2-13(22)20-4-5-21-11(9-20)3-6-23-12-7-10(15(16,17)18)8-19-14(12)21/h2,7-8,11H,1,3-6,9H2/t11-/m0/s1. The van der Waals surface area contributed by atoms with Crippen LogP contribution in [-0.2, 0) is 11.0 Å². The first-order valence-electron chi connectivity index (χ1n) is 7.28. The molecular formula is C15H16F3N3OS. The van der Waals surface area contributed by atoms with E-state index in [1.54, 1.807) is 4.90 Å². The zero-order valence-electron chi connectivity index (χ0n) is 12.3. The maximum absolute atomic E-state index is 12.9. The number of carbonyl (C=O) groups is 1. The van der Waals surface area contributed by atoms with E-state index >= 15 is 0 Å². The third-order valence-corrected chi connectivity index (χ3v) is 5.16. The topological polar surface area (TPSA) is 36.4 Å². The Labute approximate surface area is 136 Å². The van der Waals surface area contributed by atoms with Crippen molar-refractivity contribution in [3.8, 4) is 0 Å². The van der Waals surface area contributed by atoms with Crippen LogP contribution in [0, 0.1) is 0 Å². The van der Waals surface area contributed by atoms with Gasteiger partial charge in [-0.1, -0.05) is 6.58 Å². The average molecular weight is 343 g/mol. The molecule has 8 heteroatoms. The third kappa shape index (κ3) is 3.17. The van der Waals surface area contributed by atoms with Gasteiger partial charge in [-0.3, -0.25) is 4.79 Å². The summed E-state index contributed by atoms with van der Waals surface area (Å²) in [5.74, 6) is 1.19. The van der Waals surface area contributed by atoms with Gasteiger partial charge in [0.25, 0.3) is 0 Å². The zero-order chi connectivity index (χ0) is 16.6. The van der Waals surface area contributed by atoms with E-state index in [0.29, 0.717) is 36.1 Å².